The van der Waals surface area contributed by atoms with E-state index in [2.05, 4.69) is 0 Å². The van der Waals surface area contributed by atoms with Crippen LogP contribution >= 0.6 is 0 Å². The second-order valence-corrected chi connectivity index (χ2v) is 2.02. The molecule has 1 N–H and O–H groups in total. The fraction of sp³-hybridized carbons (Fsp3) is 0.111. The summed E-state index contributed by atoms with van der Waals surface area (Å²) in [6.07, 6.45) is -0.118. The van der Waals surface area contributed by atoms with Crippen LogP contribution in [-0.4, -0.2) is 17.2 Å². The van der Waals surface area contributed by atoms with Crippen LogP contribution in [0.5, 0.6) is 0 Å². The van der Waals surface area contributed by atoms with Gasteiger partial charge in [-0.05, 0) is 12.1 Å². The Morgan fingerprint density at radius 1 is 1.58 bits per heavy atom. The SMILES string of the molecule is [2H]C1=C([2H])C([2H])=C([2H])C(=C(O)CC=O)C1=O. The predicted molar refractivity (Wildman–Crippen MR) is 43.6 cm³/mol. The second kappa shape index (κ2) is 3.67. The van der Waals surface area contributed by atoms with Gasteiger partial charge in [-0.2, -0.15) is 0 Å². The summed E-state index contributed by atoms with van der Waals surface area (Å²) >= 11 is 0. The molecule has 3 heteroatoms. The van der Waals surface area contributed by atoms with Crippen LogP contribution in [0.4, 0.5) is 0 Å². The lowest BCUT2D eigenvalue weighted by Crippen LogP contribution is -2.03. The number of allylic oxidation sites excluding steroid dienone is 6. The molecule has 62 valence electrons. The van der Waals surface area contributed by atoms with Gasteiger partial charge in [0.15, 0.2) is 5.78 Å². The van der Waals surface area contributed by atoms with Crippen LogP contribution in [0.15, 0.2) is 35.5 Å². The van der Waals surface area contributed by atoms with E-state index in [-0.39, 0.29) is 0 Å². The lowest BCUT2D eigenvalue weighted by Gasteiger charge is -2.02. The van der Waals surface area contributed by atoms with Gasteiger partial charge in [0.05, 0.1) is 17.5 Å². The summed E-state index contributed by atoms with van der Waals surface area (Å²) in [5.41, 5.74) is -0.543. The molecule has 0 amide bonds. The van der Waals surface area contributed by atoms with Crippen molar-refractivity contribution in [2.75, 3.05) is 0 Å². The molecule has 0 spiro atoms. The Kier molecular flexibility index (Phi) is 1.34. The Morgan fingerprint density at radius 2 is 2.25 bits per heavy atom. The Balaban J connectivity index is 3.43. The van der Waals surface area contributed by atoms with Crippen molar-refractivity contribution < 1.29 is 20.2 Å². The third-order valence-electron chi connectivity index (χ3n) is 1.22. The molecule has 0 saturated heterocycles. The number of carbonyl (C=O) groups is 2. The van der Waals surface area contributed by atoms with Gasteiger partial charge in [-0.25, -0.2) is 0 Å². The molecule has 1 aliphatic rings. The molecule has 0 atom stereocenters. The third kappa shape index (κ3) is 1.69. The van der Waals surface area contributed by atoms with E-state index in [4.69, 9.17) is 5.48 Å². The van der Waals surface area contributed by atoms with E-state index in [1.165, 1.54) is 0 Å². The topological polar surface area (TPSA) is 54.4 Å². The van der Waals surface area contributed by atoms with Crippen LogP contribution in [0.1, 0.15) is 11.9 Å². The van der Waals surface area contributed by atoms with Gasteiger partial charge in [0.25, 0.3) is 0 Å². The molecule has 0 aliphatic heterocycles. The van der Waals surface area contributed by atoms with E-state index < -0.39 is 47.7 Å². The van der Waals surface area contributed by atoms with E-state index >= 15 is 0 Å². The fourth-order valence-corrected chi connectivity index (χ4v) is 0.685. The minimum absolute atomic E-state index is 0.343. The van der Waals surface area contributed by atoms with Gasteiger partial charge in [0.1, 0.15) is 12.0 Å². The summed E-state index contributed by atoms with van der Waals surface area (Å²) in [7, 11) is 0. The fourth-order valence-electron chi connectivity index (χ4n) is 0.685. The highest BCUT2D eigenvalue weighted by Crippen LogP contribution is 2.11. The molecule has 0 fully saturated rings. The summed E-state index contributed by atoms with van der Waals surface area (Å²) in [4.78, 5) is 21.6. The van der Waals surface area contributed by atoms with E-state index in [0.29, 0.717) is 6.29 Å². The van der Waals surface area contributed by atoms with E-state index in [0.717, 1.165) is 0 Å². The van der Waals surface area contributed by atoms with Crippen LogP contribution in [0.3, 0.4) is 0 Å². The lowest BCUT2D eigenvalue weighted by molar-refractivity contribution is -0.111. The van der Waals surface area contributed by atoms with E-state index in [1.807, 2.05) is 0 Å². The van der Waals surface area contributed by atoms with Gasteiger partial charge in [-0.3, -0.25) is 4.79 Å². The quantitative estimate of drug-likeness (QED) is 0.381. The van der Waals surface area contributed by atoms with Crippen molar-refractivity contribution in [1.29, 1.82) is 0 Å². The van der Waals surface area contributed by atoms with E-state index in [1.54, 1.807) is 0 Å². The first kappa shape index (κ1) is 4.40. The lowest BCUT2D eigenvalue weighted by atomic mass is 10.0. The maximum Gasteiger partial charge on any atom is 0.189 e. The molecule has 3 nitrogen and oxygen atoms in total. The minimum atomic E-state index is -1.01. The highest BCUT2D eigenvalue weighted by molar-refractivity contribution is 6.07. The van der Waals surface area contributed by atoms with Crippen LogP contribution in [0.25, 0.3) is 0 Å². The molecule has 0 aromatic carbocycles. The highest BCUT2D eigenvalue weighted by atomic mass is 16.3. The third-order valence-corrected chi connectivity index (χ3v) is 1.22. The Morgan fingerprint density at radius 3 is 2.92 bits per heavy atom. The summed E-state index contributed by atoms with van der Waals surface area (Å²) in [6, 6.07) is -2.66. The average molecular weight is 168 g/mol. The van der Waals surface area contributed by atoms with Crippen molar-refractivity contribution in [2.24, 2.45) is 0 Å². The molecular weight excluding hydrogens is 156 g/mol. The first-order valence-corrected chi connectivity index (χ1v) is 3.18. The monoisotopic (exact) mass is 168 g/mol. The summed E-state index contributed by atoms with van der Waals surface area (Å²) in [5.74, 6) is -1.66. The Labute approximate surface area is 75.3 Å². The first-order chi connectivity index (χ1) is 7.41. The molecule has 1 aliphatic carbocycles. The van der Waals surface area contributed by atoms with Crippen LogP contribution < -0.4 is 0 Å². The van der Waals surface area contributed by atoms with Crippen molar-refractivity contribution in [1.82, 2.24) is 0 Å². The first-order valence-electron chi connectivity index (χ1n) is 5.18. The van der Waals surface area contributed by atoms with Crippen LogP contribution in [0.2, 0.25) is 0 Å². The number of rotatable bonds is 2. The molecule has 0 aromatic rings. The second-order valence-electron chi connectivity index (χ2n) is 2.02. The molecule has 0 saturated carbocycles. The standard InChI is InChI=1S/C9H8O3/c10-6-5-9(12)7-3-1-2-4-8(7)11/h1-4,6,12H,5H2/i1D,2D,3D,4D. The summed E-state index contributed by atoms with van der Waals surface area (Å²) in [6.45, 7) is 0. The molecule has 0 heterocycles. The number of aldehydes is 1. The number of ketones is 1. The minimum Gasteiger partial charge on any atom is -0.511 e. The van der Waals surface area contributed by atoms with Crippen molar-refractivity contribution >= 4 is 12.1 Å². The highest BCUT2D eigenvalue weighted by Gasteiger charge is 2.10. The molecule has 1 rings (SSSR count). The summed E-state index contributed by atoms with van der Waals surface area (Å²) < 4.78 is 29.1. The van der Waals surface area contributed by atoms with Crippen molar-refractivity contribution in [3.63, 3.8) is 0 Å². The Hall–Kier alpha value is -1.64. The summed E-state index contributed by atoms with van der Waals surface area (Å²) in [5, 5.41) is 9.36. The van der Waals surface area contributed by atoms with Gasteiger partial charge >= 0.3 is 0 Å². The van der Waals surface area contributed by atoms with Crippen molar-refractivity contribution in [3.8, 4) is 0 Å². The Bertz CT molecular complexity index is 459. The number of hydrogen-bond acceptors (Lipinski definition) is 3. The normalized spacial score (nSPS) is 27.5. The number of hydrogen-bond donors (Lipinski definition) is 1. The maximum absolute atomic E-state index is 11.5. The molecular formula is C9H8O3. The molecule has 0 unspecified atom stereocenters. The van der Waals surface area contributed by atoms with Gasteiger partial charge in [0, 0.05) is 0 Å². The number of aliphatic hydroxyl groups excluding tert-OH is 1. The van der Waals surface area contributed by atoms with Crippen molar-refractivity contribution in [2.45, 2.75) is 6.42 Å². The zero-order valence-corrected chi connectivity index (χ0v) is 6.05. The zero-order chi connectivity index (χ0) is 12.5. The van der Waals surface area contributed by atoms with Gasteiger partial charge in [-0.15, -0.1) is 0 Å². The molecule has 0 radical (unpaired) electrons. The molecule has 12 heavy (non-hydrogen) atoms. The van der Waals surface area contributed by atoms with Crippen molar-refractivity contribution in [3.05, 3.63) is 35.5 Å². The predicted octanol–water partition coefficient (Wildman–Crippen LogP) is 1.08. The molecule has 0 bridgehead atoms. The zero-order valence-electron chi connectivity index (χ0n) is 10.0. The molecule has 0 aromatic heterocycles. The van der Waals surface area contributed by atoms with Gasteiger partial charge < -0.3 is 9.90 Å². The van der Waals surface area contributed by atoms with Gasteiger partial charge in [-0.1, -0.05) is 12.1 Å². The van der Waals surface area contributed by atoms with Crippen LogP contribution in [0, 0.1) is 0 Å². The smallest absolute Gasteiger partial charge is 0.189 e. The largest absolute Gasteiger partial charge is 0.511 e. The number of carbonyl (C=O) groups excluding carboxylic acids is 2. The number of aliphatic hydroxyl groups is 1. The maximum atomic E-state index is 11.5. The average Bonchev–Trinajstić information content (AvgIpc) is 2.24. The van der Waals surface area contributed by atoms with Crippen LogP contribution in [-0.2, 0) is 9.59 Å². The van der Waals surface area contributed by atoms with Gasteiger partial charge in [0.2, 0.25) is 0 Å². The van der Waals surface area contributed by atoms with E-state index in [9.17, 15) is 14.7 Å².